The third kappa shape index (κ3) is 4.03. The number of hydrogen-bond donors (Lipinski definition) is 2. The highest BCUT2D eigenvalue weighted by Gasteiger charge is 2.29. The molecular formula is C11H22N2OS. The van der Waals surface area contributed by atoms with Crippen LogP contribution in [0, 0.1) is 11.8 Å². The van der Waals surface area contributed by atoms with Crippen LogP contribution >= 0.6 is 11.8 Å². The minimum atomic E-state index is 0.168. The lowest BCUT2D eigenvalue weighted by atomic mass is 9.97. The largest absolute Gasteiger partial charge is 0.353 e. The molecule has 0 aliphatic carbocycles. The van der Waals surface area contributed by atoms with E-state index in [2.05, 4.69) is 30.7 Å². The number of carbonyl (C=O) groups is 1. The van der Waals surface area contributed by atoms with Gasteiger partial charge in [0.1, 0.15) is 0 Å². The van der Waals surface area contributed by atoms with Crippen molar-refractivity contribution < 1.29 is 4.79 Å². The van der Waals surface area contributed by atoms with E-state index in [0.29, 0.717) is 12.0 Å². The topological polar surface area (TPSA) is 41.1 Å². The van der Waals surface area contributed by atoms with Gasteiger partial charge in [0.15, 0.2) is 0 Å². The molecule has 0 aromatic carbocycles. The molecule has 1 saturated heterocycles. The molecule has 3 atom stereocenters. The Morgan fingerprint density at radius 2 is 2.33 bits per heavy atom. The van der Waals surface area contributed by atoms with E-state index in [1.807, 2.05) is 11.8 Å². The number of hydrogen-bond acceptors (Lipinski definition) is 3. The van der Waals surface area contributed by atoms with Gasteiger partial charge in [0.05, 0.1) is 5.92 Å². The molecule has 4 heteroatoms. The van der Waals surface area contributed by atoms with Gasteiger partial charge in [0.2, 0.25) is 5.91 Å². The summed E-state index contributed by atoms with van der Waals surface area (Å²) in [6, 6.07) is 0.303. The van der Waals surface area contributed by atoms with Gasteiger partial charge in [-0.1, -0.05) is 6.92 Å². The van der Waals surface area contributed by atoms with E-state index >= 15 is 0 Å². The van der Waals surface area contributed by atoms with E-state index in [1.54, 1.807) is 0 Å². The van der Waals surface area contributed by atoms with Crippen LogP contribution in [0.5, 0.6) is 0 Å². The molecule has 0 bridgehead atoms. The molecule has 1 heterocycles. The minimum Gasteiger partial charge on any atom is -0.353 e. The summed E-state index contributed by atoms with van der Waals surface area (Å²) < 4.78 is 0. The molecule has 0 aromatic heterocycles. The molecule has 15 heavy (non-hydrogen) atoms. The second-order valence-corrected chi connectivity index (χ2v) is 5.42. The normalized spacial score (nSPS) is 27.7. The van der Waals surface area contributed by atoms with Crippen LogP contribution in [0.4, 0.5) is 0 Å². The highest BCUT2D eigenvalue weighted by Crippen LogP contribution is 2.16. The number of rotatable bonds is 5. The van der Waals surface area contributed by atoms with Crippen LogP contribution in [-0.4, -0.2) is 37.0 Å². The summed E-state index contributed by atoms with van der Waals surface area (Å²) in [4.78, 5) is 11.9. The van der Waals surface area contributed by atoms with Crippen LogP contribution in [0.25, 0.3) is 0 Å². The Morgan fingerprint density at radius 3 is 2.87 bits per heavy atom. The fourth-order valence-corrected chi connectivity index (χ4v) is 2.47. The molecule has 3 nitrogen and oxygen atoms in total. The van der Waals surface area contributed by atoms with Gasteiger partial charge in [0.25, 0.3) is 0 Å². The van der Waals surface area contributed by atoms with E-state index in [1.165, 1.54) is 0 Å². The Kier molecular flexibility index (Phi) is 5.47. The molecule has 1 aliphatic heterocycles. The van der Waals surface area contributed by atoms with Gasteiger partial charge in [-0.05, 0) is 37.8 Å². The Labute approximate surface area is 96.8 Å². The maximum atomic E-state index is 11.9. The van der Waals surface area contributed by atoms with E-state index < -0.39 is 0 Å². The average molecular weight is 230 g/mol. The quantitative estimate of drug-likeness (QED) is 0.743. The van der Waals surface area contributed by atoms with Gasteiger partial charge < -0.3 is 10.6 Å². The average Bonchev–Trinajstić information content (AvgIpc) is 2.61. The van der Waals surface area contributed by atoms with E-state index in [0.717, 1.165) is 25.3 Å². The van der Waals surface area contributed by atoms with Crippen LogP contribution in [0.3, 0.4) is 0 Å². The van der Waals surface area contributed by atoms with Gasteiger partial charge in [0, 0.05) is 12.6 Å². The van der Waals surface area contributed by atoms with Crippen molar-refractivity contribution in [2.75, 3.05) is 25.1 Å². The van der Waals surface area contributed by atoms with Crippen LogP contribution in [0.2, 0.25) is 0 Å². The molecule has 88 valence electrons. The van der Waals surface area contributed by atoms with Crippen molar-refractivity contribution in [3.05, 3.63) is 0 Å². The summed E-state index contributed by atoms with van der Waals surface area (Å²) in [5.74, 6) is 1.97. The molecule has 1 aliphatic rings. The number of thioether (sulfide) groups is 1. The minimum absolute atomic E-state index is 0.168. The monoisotopic (exact) mass is 230 g/mol. The summed E-state index contributed by atoms with van der Waals surface area (Å²) >= 11 is 1.83. The zero-order chi connectivity index (χ0) is 11.3. The summed E-state index contributed by atoms with van der Waals surface area (Å²) in [6.07, 6.45) is 3.15. The van der Waals surface area contributed by atoms with Gasteiger partial charge in [-0.3, -0.25) is 4.79 Å². The Balaban J connectivity index is 2.28. The lowest BCUT2D eigenvalue weighted by Crippen LogP contribution is -2.39. The fraction of sp³-hybridized carbons (Fsp3) is 0.909. The van der Waals surface area contributed by atoms with Crippen molar-refractivity contribution in [1.29, 1.82) is 0 Å². The van der Waals surface area contributed by atoms with Crippen molar-refractivity contribution in [2.24, 2.45) is 11.8 Å². The molecular weight excluding hydrogens is 208 g/mol. The maximum Gasteiger partial charge on any atom is 0.224 e. The first-order valence-corrected chi connectivity index (χ1v) is 7.04. The first-order valence-electron chi connectivity index (χ1n) is 5.65. The summed E-state index contributed by atoms with van der Waals surface area (Å²) in [5, 5.41) is 6.35. The third-order valence-corrected chi connectivity index (χ3v) is 3.64. The third-order valence-electron chi connectivity index (χ3n) is 3.00. The highest BCUT2D eigenvalue weighted by atomic mass is 32.2. The molecule has 2 N–H and O–H groups in total. The zero-order valence-electron chi connectivity index (χ0n) is 9.88. The SMILES string of the molecule is CSCCC(C)NC(=O)[C@@H]1CNC[C@H]1C. The van der Waals surface area contributed by atoms with E-state index in [9.17, 15) is 4.79 Å². The fourth-order valence-electron chi connectivity index (χ4n) is 1.88. The van der Waals surface area contributed by atoms with Crippen molar-refractivity contribution >= 4 is 17.7 Å². The Morgan fingerprint density at radius 1 is 1.60 bits per heavy atom. The molecule has 0 aromatic rings. The first-order chi connectivity index (χ1) is 7.15. The maximum absolute atomic E-state index is 11.9. The summed E-state index contributed by atoms with van der Waals surface area (Å²) in [5.41, 5.74) is 0. The van der Waals surface area contributed by atoms with Gasteiger partial charge >= 0.3 is 0 Å². The van der Waals surface area contributed by atoms with Crippen molar-refractivity contribution in [3.63, 3.8) is 0 Å². The van der Waals surface area contributed by atoms with E-state index in [4.69, 9.17) is 0 Å². The number of amides is 1. The molecule has 1 unspecified atom stereocenters. The summed E-state index contributed by atoms with van der Waals surface area (Å²) in [6.45, 7) is 6.03. The van der Waals surface area contributed by atoms with Gasteiger partial charge in [-0.15, -0.1) is 0 Å². The van der Waals surface area contributed by atoms with Crippen LogP contribution in [-0.2, 0) is 4.79 Å². The van der Waals surface area contributed by atoms with Crippen molar-refractivity contribution in [3.8, 4) is 0 Å². The molecule has 0 radical (unpaired) electrons. The first kappa shape index (κ1) is 12.8. The molecule has 1 rings (SSSR count). The van der Waals surface area contributed by atoms with Crippen LogP contribution < -0.4 is 10.6 Å². The zero-order valence-corrected chi connectivity index (χ0v) is 10.7. The summed E-state index contributed by atoms with van der Waals surface area (Å²) in [7, 11) is 0. The highest BCUT2D eigenvalue weighted by molar-refractivity contribution is 7.98. The number of nitrogens with one attached hydrogen (secondary N) is 2. The second kappa shape index (κ2) is 6.38. The second-order valence-electron chi connectivity index (χ2n) is 4.43. The molecule has 0 spiro atoms. The van der Waals surface area contributed by atoms with Crippen molar-refractivity contribution in [1.82, 2.24) is 10.6 Å². The predicted octanol–water partition coefficient (Wildman–Crippen LogP) is 1.10. The van der Waals surface area contributed by atoms with Gasteiger partial charge in [-0.2, -0.15) is 11.8 Å². The Bertz CT molecular complexity index is 211. The predicted molar refractivity (Wildman–Crippen MR) is 66.1 cm³/mol. The van der Waals surface area contributed by atoms with Crippen LogP contribution in [0.15, 0.2) is 0 Å². The van der Waals surface area contributed by atoms with E-state index in [-0.39, 0.29) is 11.8 Å². The van der Waals surface area contributed by atoms with Gasteiger partial charge in [-0.25, -0.2) is 0 Å². The lowest BCUT2D eigenvalue weighted by molar-refractivity contribution is -0.126. The Hall–Kier alpha value is -0.220. The standard InChI is InChI=1S/C11H22N2OS/c1-8-6-12-7-10(8)11(14)13-9(2)4-5-15-3/h8-10,12H,4-7H2,1-3H3,(H,13,14)/t8-,9?,10-/m1/s1. The molecule has 1 amide bonds. The van der Waals surface area contributed by atoms with Crippen LogP contribution in [0.1, 0.15) is 20.3 Å². The smallest absolute Gasteiger partial charge is 0.224 e. The lowest BCUT2D eigenvalue weighted by Gasteiger charge is -2.18. The molecule has 0 saturated carbocycles. The van der Waals surface area contributed by atoms with Crippen molar-refractivity contribution in [2.45, 2.75) is 26.3 Å². The number of carbonyl (C=O) groups excluding carboxylic acids is 1. The molecule has 1 fully saturated rings.